The highest BCUT2D eigenvalue weighted by atomic mass is 16.4. The smallest absolute Gasteiger partial charge is 0.308 e. The van der Waals surface area contributed by atoms with E-state index in [9.17, 15) is 20.1 Å². The number of hydrogen-bond acceptors (Lipinski definition) is 5. The third-order valence-electron chi connectivity index (χ3n) is 3.39. The van der Waals surface area contributed by atoms with Crippen molar-refractivity contribution in [1.29, 1.82) is 0 Å². The second-order valence-electron chi connectivity index (χ2n) is 4.27. The number of fused-ring (bicyclic) bond motifs is 1. The van der Waals surface area contributed by atoms with E-state index in [2.05, 4.69) is 0 Å². The lowest BCUT2D eigenvalue weighted by Crippen LogP contribution is -2.61. The number of carboxylic acids is 1. The molecule has 0 bridgehead atoms. The molecule has 2 saturated heterocycles. The van der Waals surface area contributed by atoms with Crippen LogP contribution in [0.4, 0.5) is 0 Å². The molecular weight excluding hydrogens is 202 g/mol. The minimum atomic E-state index is -1.24. The molecule has 0 aromatic carbocycles. The van der Waals surface area contributed by atoms with E-state index in [1.54, 1.807) is 4.90 Å². The predicted octanol–water partition coefficient (Wildman–Crippen LogP) is -2.14. The summed E-state index contributed by atoms with van der Waals surface area (Å²) in [4.78, 5) is 12.6. The van der Waals surface area contributed by atoms with Gasteiger partial charge < -0.3 is 20.4 Å². The monoisotopic (exact) mass is 217 g/mol. The van der Waals surface area contributed by atoms with Crippen molar-refractivity contribution in [3.8, 4) is 0 Å². The second kappa shape index (κ2) is 3.71. The maximum atomic E-state index is 10.9. The number of hydrogen-bond donors (Lipinski definition) is 4. The van der Waals surface area contributed by atoms with Crippen LogP contribution in [0.15, 0.2) is 0 Å². The Balaban J connectivity index is 2.19. The van der Waals surface area contributed by atoms with E-state index >= 15 is 0 Å². The SMILES string of the molecule is O=C(O)C1CCN2C[C@H](O)[C@@H](O)[C@H](O)[C@@H]12. The van der Waals surface area contributed by atoms with Crippen LogP contribution in [0.1, 0.15) is 6.42 Å². The van der Waals surface area contributed by atoms with Crippen LogP contribution in [-0.4, -0.2) is 68.7 Å². The summed E-state index contributed by atoms with van der Waals surface area (Å²) in [5.41, 5.74) is 0. The number of aliphatic hydroxyl groups excluding tert-OH is 3. The van der Waals surface area contributed by atoms with Gasteiger partial charge >= 0.3 is 5.97 Å². The topological polar surface area (TPSA) is 101 Å². The molecule has 4 N–H and O–H groups in total. The molecule has 6 heteroatoms. The van der Waals surface area contributed by atoms with Crippen molar-refractivity contribution in [3.05, 3.63) is 0 Å². The molecule has 0 amide bonds. The Labute approximate surface area is 86.7 Å². The number of nitrogens with zero attached hydrogens (tertiary/aromatic N) is 1. The Morgan fingerprint density at radius 3 is 2.47 bits per heavy atom. The first-order chi connectivity index (χ1) is 7.02. The van der Waals surface area contributed by atoms with E-state index in [0.29, 0.717) is 13.0 Å². The van der Waals surface area contributed by atoms with Crippen LogP contribution in [0.3, 0.4) is 0 Å². The van der Waals surface area contributed by atoms with Crippen LogP contribution in [-0.2, 0) is 4.79 Å². The summed E-state index contributed by atoms with van der Waals surface area (Å²) in [5, 5.41) is 37.6. The van der Waals surface area contributed by atoms with Gasteiger partial charge in [0.05, 0.1) is 24.2 Å². The summed E-state index contributed by atoms with van der Waals surface area (Å²) in [6.07, 6.45) is -2.97. The molecule has 2 aliphatic heterocycles. The summed E-state index contributed by atoms with van der Waals surface area (Å²) in [5.74, 6) is -1.60. The van der Waals surface area contributed by atoms with Crippen molar-refractivity contribution in [3.63, 3.8) is 0 Å². The fourth-order valence-electron chi connectivity index (χ4n) is 2.59. The van der Waals surface area contributed by atoms with Crippen molar-refractivity contribution < 1.29 is 25.2 Å². The van der Waals surface area contributed by atoms with E-state index in [-0.39, 0.29) is 6.54 Å². The molecule has 2 rings (SSSR count). The Morgan fingerprint density at radius 1 is 1.20 bits per heavy atom. The summed E-state index contributed by atoms with van der Waals surface area (Å²) < 4.78 is 0. The molecule has 0 aromatic rings. The lowest BCUT2D eigenvalue weighted by atomic mass is 9.88. The molecule has 5 atom stereocenters. The van der Waals surface area contributed by atoms with Crippen LogP contribution in [0.2, 0.25) is 0 Å². The minimum Gasteiger partial charge on any atom is -0.481 e. The van der Waals surface area contributed by atoms with E-state index in [0.717, 1.165) is 0 Å². The van der Waals surface area contributed by atoms with Gasteiger partial charge in [-0.15, -0.1) is 0 Å². The molecular formula is C9H15NO5. The first-order valence-electron chi connectivity index (χ1n) is 5.03. The third-order valence-corrected chi connectivity index (χ3v) is 3.39. The van der Waals surface area contributed by atoms with Crippen LogP contribution in [0.25, 0.3) is 0 Å². The van der Waals surface area contributed by atoms with Gasteiger partial charge in [0.1, 0.15) is 6.10 Å². The number of carbonyl (C=O) groups is 1. The quantitative estimate of drug-likeness (QED) is 0.400. The second-order valence-corrected chi connectivity index (χ2v) is 4.27. The van der Waals surface area contributed by atoms with Crippen molar-refractivity contribution in [2.75, 3.05) is 13.1 Å². The molecule has 15 heavy (non-hydrogen) atoms. The highest BCUT2D eigenvalue weighted by Gasteiger charge is 2.50. The first kappa shape index (κ1) is 10.8. The largest absolute Gasteiger partial charge is 0.481 e. The van der Waals surface area contributed by atoms with Crippen molar-refractivity contribution in [2.24, 2.45) is 5.92 Å². The van der Waals surface area contributed by atoms with Crippen molar-refractivity contribution >= 4 is 5.97 Å². The molecule has 1 unspecified atom stereocenters. The maximum absolute atomic E-state index is 10.9. The third kappa shape index (κ3) is 1.63. The van der Waals surface area contributed by atoms with Crippen LogP contribution < -0.4 is 0 Å². The number of rotatable bonds is 1. The molecule has 0 spiro atoms. The van der Waals surface area contributed by atoms with E-state index in [4.69, 9.17) is 5.11 Å². The van der Waals surface area contributed by atoms with Gasteiger partial charge in [-0.1, -0.05) is 0 Å². The molecule has 0 aromatic heterocycles. The fourth-order valence-corrected chi connectivity index (χ4v) is 2.59. The van der Waals surface area contributed by atoms with Gasteiger partial charge in [0, 0.05) is 6.54 Å². The summed E-state index contributed by atoms with van der Waals surface area (Å²) in [6.45, 7) is 0.773. The zero-order chi connectivity index (χ0) is 11.2. The fraction of sp³-hybridized carbons (Fsp3) is 0.889. The molecule has 0 radical (unpaired) electrons. The number of carboxylic acid groups (broad SMARTS) is 1. The summed E-state index contributed by atoms with van der Waals surface area (Å²) in [6, 6.07) is -0.569. The van der Waals surface area contributed by atoms with Gasteiger partial charge in [0.15, 0.2) is 0 Å². The Hall–Kier alpha value is -0.690. The maximum Gasteiger partial charge on any atom is 0.308 e. The van der Waals surface area contributed by atoms with E-state index in [1.165, 1.54) is 0 Å². The highest BCUT2D eigenvalue weighted by Crippen LogP contribution is 2.32. The Morgan fingerprint density at radius 2 is 1.87 bits per heavy atom. The highest BCUT2D eigenvalue weighted by molar-refractivity contribution is 5.71. The van der Waals surface area contributed by atoms with Gasteiger partial charge in [-0.3, -0.25) is 9.69 Å². The van der Waals surface area contributed by atoms with Crippen LogP contribution in [0, 0.1) is 5.92 Å². The number of aliphatic carboxylic acids is 1. The summed E-state index contributed by atoms with van der Waals surface area (Å²) in [7, 11) is 0. The first-order valence-corrected chi connectivity index (χ1v) is 5.03. The average molecular weight is 217 g/mol. The molecule has 86 valence electrons. The molecule has 2 fully saturated rings. The summed E-state index contributed by atoms with van der Waals surface area (Å²) >= 11 is 0. The molecule has 2 heterocycles. The zero-order valence-corrected chi connectivity index (χ0v) is 8.15. The van der Waals surface area contributed by atoms with Crippen molar-refractivity contribution in [2.45, 2.75) is 30.8 Å². The lowest BCUT2D eigenvalue weighted by molar-refractivity contribution is -0.155. The van der Waals surface area contributed by atoms with E-state index in [1.807, 2.05) is 0 Å². The van der Waals surface area contributed by atoms with Crippen LogP contribution in [0.5, 0.6) is 0 Å². The predicted molar refractivity (Wildman–Crippen MR) is 49.1 cm³/mol. The number of piperidine rings is 1. The standard InChI is InChI=1S/C9H15NO5/c11-5-3-10-2-1-4(9(14)15)6(10)8(13)7(5)12/h4-8,11-13H,1-3H2,(H,14,15)/t4?,5-,6+,7+,8+/m0/s1. The van der Waals surface area contributed by atoms with Crippen molar-refractivity contribution in [1.82, 2.24) is 4.90 Å². The van der Waals surface area contributed by atoms with Gasteiger partial charge in [-0.05, 0) is 13.0 Å². The molecule has 0 saturated carbocycles. The van der Waals surface area contributed by atoms with Gasteiger partial charge in [-0.25, -0.2) is 0 Å². The van der Waals surface area contributed by atoms with Crippen LogP contribution >= 0.6 is 0 Å². The van der Waals surface area contributed by atoms with E-state index < -0.39 is 36.2 Å². The van der Waals surface area contributed by atoms with Gasteiger partial charge in [0.25, 0.3) is 0 Å². The number of aliphatic hydroxyl groups is 3. The van der Waals surface area contributed by atoms with Gasteiger partial charge in [0.2, 0.25) is 0 Å². The van der Waals surface area contributed by atoms with Gasteiger partial charge in [-0.2, -0.15) is 0 Å². The average Bonchev–Trinajstić information content (AvgIpc) is 2.58. The Kier molecular flexibility index (Phi) is 2.68. The lowest BCUT2D eigenvalue weighted by Gasteiger charge is -2.41. The molecule has 0 aliphatic carbocycles. The molecule has 6 nitrogen and oxygen atoms in total. The normalized spacial score (nSPS) is 46.5. The molecule has 2 aliphatic rings. The Bertz CT molecular complexity index is 271. The minimum absolute atomic E-state index is 0.229. The zero-order valence-electron chi connectivity index (χ0n) is 8.15.